The molecule has 2 N–H and O–H groups in total. The Kier molecular flexibility index (Phi) is 5.78. The highest BCUT2D eigenvalue weighted by Crippen LogP contribution is 2.32. The van der Waals surface area contributed by atoms with Crippen molar-refractivity contribution in [3.8, 4) is 11.3 Å². The molecule has 1 fully saturated rings. The molecule has 5 rings (SSSR count). The molecule has 33 heavy (non-hydrogen) atoms. The van der Waals surface area contributed by atoms with Crippen molar-refractivity contribution in [3.05, 3.63) is 66.1 Å². The number of fused-ring (bicyclic) bond motifs is 1. The molecule has 0 spiro atoms. The summed E-state index contributed by atoms with van der Waals surface area (Å²) in [5.74, 6) is 0.925. The maximum absolute atomic E-state index is 13.5. The van der Waals surface area contributed by atoms with Crippen molar-refractivity contribution < 1.29 is 8.78 Å². The number of nitrogens with one attached hydrogen (secondary N) is 2. The number of aromatic nitrogens is 4. The molecule has 168 valence electrons. The molecule has 0 bridgehead atoms. The van der Waals surface area contributed by atoms with E-state index in [1.54, 1.807) is 0 Å². The maximum atomic E-state index is 13.5. The minimum atomic E-state index is -2.69. The molecule has 1 aliphatic rings. The van der Waals surface area contributed by atoms with Gasteiger partial charge in [0.05, 0.1) is 17.6 Å². The van der Waals surface area contributed by atoms with E-state index < -0.39 is 6.43 Å². The van der Waals surface area contributed by atoms with E-state index in [4.69, 9.17) is 0 Å². The van der Waals surface area contributed by atoms with Gasteiger partial charge in [0.1, 0.15) is 17.0 Å². The standard InChI is InChI=1S/C24H23F2N7/c1-15-4-2-3-5-18(15)22-21-16(12-19(30-22)23(25)26)13-29-24(32-21)31-20-7-6-17(14-28-20)33-10-8-27-9-11-33/h2-7,12-14,23,27H,8-11H2,1H3,(H,28,29,31,32). The fourth-order valence-electron chi connectivity index (χ4n) is 3.94. The van der Waals surface area contributed by atoms with Gasteiger partial charge in [-0.2, -0.15) is 0 Å². The number of anilines is 3. The Balaban J connectivity index is 1.49. The summed E-state index contributed by atoms with van der Waals surface area (Å²) in [5, 5.41) is 6.96. The number of pyridine rings is 2. The number of hydrogen-bond donors (Lipinski definition) is 2. The van der Waals surface area contributed by atoms with E-state index in [2.05, 4.69) is 35.5 Å². The third kappa shape index (κ3) is 4.45. The van der Waals surface area contributed by atoms with Crippen molar-refractivity contribution in [2.45, 2.75) is 13.3 Å². The zero-order valence-corrected chi connectivity index (χ0v) is 18.1. The normalized spacial score (nSPS) is 14.1. The first-order valence-corrected chi connectivity index (χ1v) is 10.8. The minimum Gasteiger partial charge on any atom is -0.368 e. The maximum Gasteiger partial charge on any atom is 0.280 e. The van der Waals surface area contributed by atoms with Gasteiger partial charge in [-0.15, -0.1) is 0 Å². The third-order valence-electron chi connectivity index (χ3n) is 5.68. The van der Waals surface area contributed by atoms with Crippen LogP contribution in [0.15, 0.2) is 54.9 Å². The van der Waals surface area contributed by atoms with Gasteiger partial charge in [-0.25, -0.2) is 28.7 Å². The van der Waals surface area contributed by atoms with E-state index in [-0.39, 0.29) is 5.69 Å². The van der Waals surface area contributed by atoms with Gasteiger partial charge in [-0.1, -0.05) is 24.3 Å². The van der Waals surface area contributed by atoms with Gasteiger partial charge in [0.25, 0.3) is 6.43 Å². The molecule has 4 aromatic rings. The summed E-state index contributed by atoms with van der Waals surface area (Å²) >= 11 is 0. The molecule has 1 saturated heterocycles. The third-order valence-corrected chi connectivity index (χ3v) is 5.68. The SMILES string of the molecule is Cc1ccccc1-c1nc(C(F)F)cc2cnc(Nc3ccc(N4CCNCC4)cn3)nc12. The van der Waals surface area contributed by atoms with E-state index in [1.165, 1.54) is 12.3 Å². The number of hydrogen-bond acceptors (Lipinski definition) is 7. The molecule has 0 radical (unpaired) electrons. The molecule has 0 aliphatic carbocycles. The van der Waals surface area contributed by atoms with E-state index >= 15 is 0 Å². The van der Waals surface area contributed by atoms with Gasteiger partial charge in [0.2, 0.25) is 5.95 Å². The van der Waals surface area contributed by atoms with Crippen LogP contribution in [0.2, 0.25) is 0 Å². The monoisotopic (exact) mass is 447 g/mol. The van der Waals surface area contributed by atoms with Crippen LogP contribution >= 0.6 is 0 Å². The summed E-state index contributed by atoms with van der Waals surface area (Å²) in [5.41, 5.74) is 3.36. The van der Waals surface area contributed by atoms with Crippen molar-refractivity contribution in [2.24, 2.45) is 0 Å². The molecule has 0 saturated carbocycles. The second kappa shape index (κ2) is 9.03. The van der Waals surface area contributed by atoms with Crippen LogP contribution in [-0.4, -0.2) is 46.1 Å². The zero-order chi connectivity index (χ0) is 22.8. The van der Waals surface area contributed by atoms with Gasteiger partial charge < -0.3 is 15.5 Å². The summed E-state index contributed by atoms with van der Waals surface area (Å²) in [6, 6.07) is 12.8. The quantitative estimate of drug-likeness (QED) is 0.467. The fourth-order valence-corrected chi connectivity index (χ4v) is 3.94. The molecule has 1 aromatic carbocycles. The molecular formula is C24H23F2N7. The van der Waals surface area contributed by atoms with E-state index in [9.17, 15) is 8.78 Å². The Morgan fingerprint density at radius 3 is 2.55 bits per heavy atom. The van der Waals surface area contributed by atoms with Gasteiger partial charge in [-0.3, -0.25) is 0 Å². The molecule has 1 aliphatic heterocycles. The number of aryl methyl sites for hydroxylation is 1. The lowest BCUT2D eigenvalue weighted by atomic mass is 10.0. The second-order valence-electron chi connectivity index (χ2n) is 7.91. The van der Waals surface area contributed by atoms with Gasteiger partial charge in [-0.05, 0) is 30.7 Å². The fraction of sp³-hybridized carbons (Fsp3) is 0.250. The molecule has 3 aromatic heterocycles. The summed E-state index contributed by atoms with van der Waals surface area (Å²) < 4.78 is 27.0. The number of piperazine rings is 1. The summed E-state index contributed by atoms with van der Waals surface area (Å²) in [7, 11) is 0. The lowest BCUT2D eigenvalue weighted by Gasteiger charge is -2.29. The minimum absolute atomic E-state index is 0.296. The van der Waals surface area contributed by atoms with Crippen molar-refractivity contribution >= 4 is 28.4 Å². The highest BCUT2D eigenvalue weighted by molar-refractivity contribution is 5.92. The predicted octanol–water partition coefficient (Wildman–Crippen LogP) is 4.49. The van der Waals surface area contributed by atoms with Crippen LogP contribution in [0.5, 0.6) is 0 Å². The largest absolute Gasteiger partial charge is 0.368 e. The van der Waals surface area contributed by atoms with E-state index in [1.807, 2.05) is 49.5 Å². The Bertz CT molecular complexity index is 1270. The van der Waals surface area contributed by atoms with Crippen molar-refractivity contribution in [2.75, 3.05) is 36.4 Å². The number of alkyl halides is 2. The highest BCUT2D eigenvalue weighted by Gasteiger charge is 2.18. The van der Waals surface area contributed by atoms with Crippen molar-refractivity contribution in [1.29, 1.82) is 0 Å². The Labute approximate surface area is 189 Å². The summed E-state index contributed by atoms with van der Waals surface area (Å²) in [6.45, 7) is 5.71. The molecule has 0 amide bonds. The molecule has 7 nitrogen and oxygen atoms in total. The lowest BCUT2D eigenvalue weighted by Crippen LogP contribution is -2.43. The number of nitrogens with zero attached hydrogens (tertiary/aromatic N) is 5. The van der Waals surface area contributed by atoms with Gasteiger partial charge in [0.15, 0.2) is 0 Å². The van der Waals surface area contributed by atoms with Crippen molar-refractivity contribution in [1.82, 2.24) is 25.3 Å². The van der Waals surface area contributed by atoms with Crippen LogP contribution in [0, 0.1) is 6.92 Å². The van der Waals surface area contributed by atoms with Gasteiger partial charge >= 0.3 is 0 Å². The van der Waals surface area contributed by atoms with E-state index in [0.717, 1.165) is 43.0 Å². The average Bonchev–Trinajstić information content (AvgIpc) is 2.85. The Hall–Kier alpha value is -3.72. The first kappa shape index (κ1) is 21.1. The lowest BCUT2D eigenvalue weighted by molar-refractivity contribution is 0.146. The first-order chi connectivity index (χ1) is 16.1. The van der Waals surface area contributed by atoms with Gasteiger partial charge in [0, 0.05) is 43.3 Å². The van der Waals surface area contributed by atoms with Crippen LogP contribution in [0.1, 0.15) is 17.7 Å². The highest BCUT2D eigenvalue weighted by atomic mass is 19.3. The molecule has 4 heterocycles. The Morgan fingerprint density at radius 1 is 1.00 bits per heavy atom. The smallest absolute Gasteiger partial charge is 0.280 e. The molecular weight excluding hydrogens is 424 g/mol. The molecule has 0 unspecified atom stereocenters. The number of rotatable bonds is 5. The number of halogens is 2. The molecule has 9 heteroatoms. The van der Waals surface area contributed by atoms with Crippen molar-refractivity contribution in [3.63, 3.8) is 0 Å². The summed E-state index contributed by atoms with van der Waals surface area (Å²) in [4.78, 5) is 20.0. The first-order valence-electron chi connectivity index (χ1n) is 10.8. The van der Waals surface area contributed by atoms with Crippen LogP contribution in [0.4, 0.5) is 26.2 Å². The van der Waals surface area contributed by atoms with Crippen LogP contribution in [0.3, 0.4) is 0 Å². The Morgan fingerprint density at radius 2 is 1.82 bits per heavy atom. The van der Waals surface area contributed by atoms with Crippen LogP contribution in [0.25, 0.3) is 22.2 Å². The number of benzene rings is 1. The second-order valence-corrected chi connectivity index (χ2v) is 7.91. The van der Waals surface area contributed by atoms with E-state index in [0.29, 0.717) is 28.4 Å². The topological polar surface area (TPSA) is 78.9 Å². The zero-order valence-electron chi connectivity index (χ0n) is 18.1. The molecule has 0 atom stereocenters. The van der Waals surface area contributed by atoms with Crippen LogP contribution < -0.4 is 15.5 Å². The summed E-state index contributed by atoms with van der Waals surface area (Å²) in [6.07, 6.45) is 0.673. The average molecular weight is 447 g/mol. The predicted molar refractivity (Wildman–Crippen MR) is 125 cm³/mol. The van der Waals surface area contributed by atoms with Crippen LogP contribution in [-0.2, 0) is 0 Å².